The van der Waals surface area contributed by atoms with Crippen LogP contribution in [0.5, 0.6) is 0 Å². The summed E-state index contributed by atoms with van der Waals surface area (Å²) in [5.74, 6) is -0.539. The Kier molecular flexibility index (Phi) is 7.06. The molecule has 7 heteroatoms. The number of halogens is 2. The summed E-state index contributed by atoms with van der Waals surface area (Å²) >= 11 is 5.01. The predicted octanol–water partition coefficient (Wildman–Crippen LogP) is 5.79. The zero-order valence-corrected chi connectivity index (χ0v) is 20.2. The monoisotopic (exact) mass is 514 g/mol. The SMILES string of the molecule is Cc1ccsc1CN(Cc1ccc(F)cc1)C(=O)CN(C(=O)c1ccc(Br)cc1)C1CC1. The largest absolute Gasteiger partial charge is 0.332 e. The van der Waals surface area contributed by atoms with E-state index in [1.165, 1.54) is 12.1 Å². The van der Waals surface area contributed by atoms with Gasteiger partial charge in [0.2, 0.25) is 5.91 Å². The Balaban J connectivity index is 1.54. The third-order valence-corrected chi connectivity index (χ3v) is 7.12. The molecule has 0 bridgehead atoms. The van der Waals surface area contributed by atoms with Crippen LogP contribution in [0, 0.1) is 12.7 Å². The van der Waals surface area contributed by atoms with Crippen LogP contribution < -0.4 is 0 Å². The lowest BCUT2D eigenvalue weighted by Crippen LogP contribution is -2.43. The van der Waals surface area contributed by atoms with Gasteiger partial charge in [-0.3, -0.25) is 9.59 Å². The van der Waals surface area contributed by atoms with Crippen molar-refractivity contribution in [3.63, 3.8) is 0 Å². The van der Waals surface area contributed by atoms with E-state index in [1.807, 2.05) is 30.5 Å². The first-order valence-electron chi connectivity index (χ1n) is 10.5. The Hall–Kier alpha value is -2.51. The van der Waals surface area contributed by atoms with Crippen LogP contribution in [-0.2, 0) is 17.9 Å². The lowest BCUT2D eigenvalue weighted by Gasteiger charge is -2.28. The van der Waals surface area contributed by atoms with E-state index in [9.17, 15) is 14.0 Å². The Morgan fingerprint density at radius 3 is 2.31 bits per heavy atom. The number of hydrogen-bond acceptors (Lipinski definition) is 3. The smallest absolute Gasteiger partial charge is 0.254 e. The van der Waals surface area contributed by atoms with Gasteiger partial charge in [0, 0.05) is 27.5 Å². The van der Waals surface area contributed by atoms with Gasteiger partial charge >= 0.3 is 0 Å². The average Bonchev–Trinajstić information content (AvgIpc) is 3.55. The number of thiophene rings is 1. The Labute approximate surface area is 199 Å². The second-order valence-electron chi connectivity index (χ2n) is 8.07. The van der Waals surface area contributed by atoms with E-state index in [0.717, 1.165) is 33.3 Å². The van der Waals surface area contributed by atoms with Gasteiger partial charge in [0.25, 0.3) is 5.91 Å². The standard InChI is InChI=1S/C25H24BrFN2O2S/c1-17-12-13-32-23(17)15-28(14-18-2-8-21(27)9-3-18)24(30)16-29(22-10-11-22)25(31)19-4-6-20(26)7-5-19/h2-9,12-13,22H,10-11,14-16H2,1H3. The molecule has 1 heterocycles. The fourth-order valence-corrected chi connectivity index (χ4v) is 4.72. The summed E-state index contributed by atoms with van der Waals surface area (Å²) < 4.78 is 14.3. The molecule has 2 aromatic carbocycles. The highest BCUT2D eigenvalue weighted by atomic mass is 79.9. The first kappa shape index (κ1) is 22.7. The highest BCUT2D eigenvalue weighted by molar-refractivity contribution is 9.10. The van der Waals surface area contributed by atoms with Crippen LogP contribution in [-0.4, -0.2) is 34.2 Å². The molecule has 1 aromatic heterocycles. The van der Waals surface area contributed by atoms with Gasteiger partial charge in [-0.2, -0.15) is 0 Å². The third-order valence-electron chi connectivity index (χ3n) is 5.59. The molecule has 0 saturated heterocycles. The lowest BCUT2D eigenvalue weighted by molar-refractivity contribution is -0.133. The van der Waals surface area contributed by atoms with Crippen molar-refractivity contribution in [2.24, 2.45) is 0 Å². The molecule has 3 aromatic rings. The maximum absolute atomic E-state index is 13.4. The quantitative estimate of drug-likeness (QED) is 0.381. The molecule has 166 valence electrons. The molecule has 4 nitrogen and oxygen atoms in total. The van der Waals surface area contributed by atoms with Crippen molar-refractivity contribution in [2.75, 3.05) is 6.54 Å². The maximum atomic E-state index is 13.4. The number of hydrogen-bond donors (Lipinski definition) is 0. The number of carbonyl (C=O) groups is 2. The van der Waals surface area contributed by atoms with E-state index < -0.39 is 0 Å². The first-order valence-corrected chi connectivity index (χ1v) is 12.2. The molecule has 1 aliphatic carbocycles. The number of aryl methyl sites for hydroxylation is 1. The van der Waals surface area contributed by atoms with Gasteiger partial charge in [-0.25, -0.2) is 4.39 Å². The molecule has 0 atom stereocenters. The van der Waals surface area contributed by atoms with E-state index >= 15 is 0 Å². The highest BCUT2D eigenvalue weighted by Crippen LogP contribution is 2.29. The topological polar surface area (TPSA) is 40.6 Å². The van der Waals surface area contributed by atoms with Gasteiger partial charge in [0.1, 0.15) is 12.4 Å². The van der Waals surface area contributed by atoms with Crippen molar-refractivity contribution in [2.45, 2.75) is 38.9 Å². The van der Waals surface area contributed by atoms with Crippen molar-refractivity contribution in [1.29, 1.82) is 0 Å². The number of rotatable bonds is 8. The van der Waals surface area contributed by atoms with Crippen LogP contribution in [0.25, 0.3) is 0 Å². The Bertz CT molecular complexity index is 1090. The summed E-state index contributed by atoms with van der Waals surface area (Å²) in [5.41, 5.74) is 2.56. The molecular formula is C25H24BrFN2O2S. The fraction of sp³-hybridized carbons (Fsp3) is 0.280. The van der Waals surface area contributed by atoms with Gasteiger partial charge in [0.15, 0.2) is 0 Å². The molecule has 0 aliphatic heterocycles. The minimum atomic E-state index is -0.305. The van der Waals surface area contributed by atoms with Crippen LogP contribution in [0.15, 0.2) is 64.5 Å². The summed E-state index contributed by atoms with van der Waals surface area (Å²) in [6.07, 6.45) is 1.83. The minimum Gasteiger partial charge on any atom is -0.332 e. The normalized spacial score (nSPS) is 13.1. The minimum absolute atomic E-state index is 0.0329. The summed E-state index contributed by atoms with van der Waals surface area (Å²) in [5, 5.41) is 2.01. The van der Waals surface area contributed by atoms with Crippen molar-refractivity contribution in [3.8, 4) is 0 Å². The second-order valence-corrected chi connectivity index (χ2v) is 9.99. The number of benzene rings is 2. The van der Waals surface area contributed by atoms with E-state index in [2.05, 4.69) is 15.9 Å². The van der Waals surface area contributed by atoms with E-state index in [1.54, 1.807) is 45.4 Å². The zero-order chi connectivity index (χ0) is 22.7. The van der Waals surface area contributed by atoms with Gasteiger partial charge in [-0.1, -0.05) is 28.1 Å². The molecule has 4 rings (SSSR count). The van der Waals surface area contributed by atoms with Crippen molar-refractivity contribution in [1.82, 2.24) is 9.80 Å². The second kappa shape index (κ2) is 9.96. The van der Waals surface area contributed by atoms with Crippen molar-refractivity contribution in [3.05, 3.63) is 91.8 Å². The molecule has 1 saturated carbocycles. The summed E-state index contributed by atoms with van der Waals surface area (Å²) in [4.78, 5) is 31.2. The number of nitrogens with zero attached hydrogens (tertiary/aromatic N) is 2. The van der Waals surface area contributed by atoms with Gasteiger partial charge in [0.05, 0.1) is 6.54 Å². The van der Waals surface area contributed by atoms with Crippen LogP contribution >= 0.6 is 27.3 Å². The zero-order valence-electron chi connectivity index (χ0n) is 17.8. The molecule has 1 fully saturated rings. The maximum Gasteiger partial charge on any atom is 0.254 e. The molecule has 0 radical (unpaired) electrons. The van der Waals surface area contributed by atoms with Gasteiger partial charge in [-0.15, -0.1) is 11.3 Å². The van der Waals surface area contributed by atoms with Crippen LogP contribution in [0.3, 0.4) is 0 Å². The van der Waals surface area contributed by atoms with Crippen LogP contribution in [0.4, 0.5) is 4.39 Å². The molecular weight excluding hydrogens is 491 g/mol. The molecule has 32 heavy (non-hydrogen) atoms. The number of amides is 2. The van der Waals surface area contributed by atoms with Gasteiger partial charge in [-0.05, 0) is 78.7 Å². The first-order chi connectivity index (χ1) is 15.4. The molecule has 2 amide bonds. The van der Waals surface area contributed by atoms with Crippen molar-refractivity contribution < 1.29 is 14.0 Å². The Morgan fingerprint density at radius 1 is 1.03 bits per heavy atom. The highest BCUT2D eigenvalue weighted by Gasteiger charge is 2.35. The van der Waals surface area contributed by atoms with E-state index in [4.69, 9.17) is 0 Å². The molecule has 0 N–H and O–H groups in total. The van der Waals surface area contributed by atoms with E-state index in [0.29, 0.717) is 18.7 Å². The van der Waals surface area contributed by atoms with E-state index in [-0.39, 0.29) is 30.2 Å². The number of carbonyl (C=O) groups excluding carboxylic acids is 2. The summed E-state index contributed by atoms with van der Waals surface area (Å²) in [6, 6.07) is 15.6. The van der Waals surface area contributed by atoms with Crippen molar-refractivity contribution >= 4 is 39.1 Å². The third kappa shape index (κ3) is 5.64. The van der Waals surface area contributed by atoms with Gasteiger partial charge < -0.3 is 9.80 Å². The van der Waals surface area contributed by atoms with Crippen LogP contribution in [0.1, 0.15) is 39.2 Å². The average molecular weight is 515 g/mol. The lowest BCUT2D eigenvalue weighted by atomic mass is 10.1. The Morgan fingerprint density at radius 2 is 1.72 bits per heavy atom. The molecule has 0 spiro atoms. The molecule has 1 aliphatic rings. The van der Waals surface area contributed by atoms with Crippen LogP contribution in [0.2, 0.25) is 0 Å². The predicted molar refractivity (Wildman–Crippen MR) is 128 cm³/mol. The summed E-state index contributed by atoms with van der Waals surface area (Å²) in [6.45, 7) is 2.89. The molecule has 0 unspecified atom stereocenters. The fourth-order valence-electron chi connectivity index (χ4n) is 3.54. The summed E-state index contributed by atoms with van der Waals surface area (Å²) in [7, 11) is 0.